The van der Waals surface area contributed by atoms with Crippen molar-refractivity contribution >= 4 is 23.1 Å². The van der Waals surface area contributed by atoms with Crippen LogP contribution in [0.1, 0.15) is 33.6 Å². The normalized spacial score (nSPS) is 18.7. The molecule has 5 aromatic rings. The largest absolute Gasteiger partial charge is 0.493 e. The minimum absolute atomic E-state index is 0.0212. The summed E-state index contributed by atoms with van der Waals surface area (Å²) in [5.74, 6) is -0.492. The van der Waals surface area contributed by atoms with Gasteiger partial charge in [-0.3, -0.25) is 4.79 Å². The number of ether oxygens (including phenoxy) is 2. The van der Waals surface area contributed by atoms with E-state index in [9.17, 15) is 9.18 Å². The predicted molar refractivity (Wildman–Crippen MR) is 187 cm³/mol. The van der Waals surface area contributed by atoms with E-state index in [-0.39, 0.29) is 24.1 Å². The Morgan fingerprint density at radius 2 is 1.78 bits per heavy atom. The van der Waals surface area contributed by atoms with Gasteiger partial charge in [-0.25, -0.2) is 23.4 Å². The number of hydrogen-bond donors (Lipinski definition) is 1. The minimum Gasteiger partial charge on any atom is -0.493 e. The molecule has 2 atom stereocenters. The molecule has 4 heterocycles. The molecule has 7 rings (SSSR count). The molecule has 2 aliphatic rings. The fourth-order valence-corrected chi connectivity index (χ4v) is 6.79. The van der Waals surface area contributed by atoms with Gasteiger partial charge in [-0.2, -0.15) is 10.4 Å². The number of piperazine rings is 1. The second kappa shape index (κ2) is 14.5. The first-order chi connectivity index (χ1) is 24.8. The molecule has 3 aromatic carbocycles. The van der Waals surface area contributed by atoms with Crippen LogP contribution in [0.2, 0.25) is 0 Å². The molecule has 260 valence electrons. The van der Waals surface area contributed by atoms with Crippen molar-refractivity contribution in [3.63, 3.8) is 0 Å². The van der Waals surface area contributed by atoms with Crippen LogP contribution < -0.4 is 19.9 Å². The Labute approximate surface area is 294 Å². The van der Waals surface area contributed by atoms with Gasteiger partial charge in [0.05, 0.1) is 19.8 Å². The third-order valence-electron chi connectivity index (χ3n) is 9.40. The van der Waals surface area contributed by atoms with Crippen molar-refractivity contribution in [2.24, 2.45) is 5.92 Å². The summed E-state index contributed by atoms with van der Waals surface area (Å²) >= 11 is 0. The Morgan fingerprint density at radius 3 is 2.49 bits per heavy atom. The van der Waals surface area contributed by atoms with Crippen molar-refractivity contribution in [3.05, 3.63) is 126 Å². The number of pyridine rings is 1. The van der Waals surface area contributed by atoms with Gasteiger partial charge in [0.15, 0.2) is 0 Å². The van der Waals surface area contributed by atoms with Crippen LogP contribution in [-0.4, -0.2) is 65.0 Å². The van der Waals surface area contributed by atoms with Crippen LogP contribution in [0, 0.1) is 35.8 Å². The summed E-state index contributed by atoms with van der Waals surface area (Å²) in [4.78, 5) is 25.5. The smallest absolute Gasteiger partial charge is 0.256 e. The Kier molecular flexibility index (Phi) is 9.59. The Balaban J connectivity index is 0.926. The summed E-state index contributed by atoms with van der Waals surface area (Å²) in [6, 6.07) is 24.1. The number of nitrogens with one attached hydrogen (secondary N) is 1. The highest BCUT2D eigenvalue weighted by Gasteiger charge is 2.44. The lowest BCUT2D eigenvalue weighted by Gasteiger charge is -2.37. The van der Waals surface area contributed by atoms with Crippen LogP contribution in [-0.2, 0) is 16.9 Å². The summed E-state index contributed by atoms with van der Waals surface area (Å²) < 4.78 is 42.9. The zero-order valence-electron chi connectivity index (χ0n) is 28.0. The number of rotatable bonds is 10. The highest BCUT2D eigenvalue weighted by atomic mass is 19.1. The average molecular weight is 691 g/mol. The number of anilines is 3. The predicted octanol–water partition coefficient (Wildman–Crippen LogP) is 5.72. The SMILES string of the molecule is Cc1cc(N2CCN(c3ccc(C(=O)Nc4cccc(C#N)n4)cc3)CC2)ccc1OC[C@@H]1CO[C@@](Cn2cncn2)(c2ccc(F)cc2F)C1. The van der Waals surface area contributed by atoms with Crippen LogP contribution in [0.4, 0.5) is 26.0 Å². The fourth-order valence-electron chi connectivity index (χ4n) is 6.79. The lowest BCUT2D eigenvalue weighted by atomic mass is 9.87. The zero-order chi connectivity index (χ0) is 35.4. The summed E-state index contributed by atoms with van der Waals surface area (Å²) in [7, 11) is 0. The van der Waals surface area contributed by atoms with Gasteiger partial charge in [-0.05, 0) is 79.6 Å². The molecule has 0 unspecified atom stereocenters. The van der Waals surface area contributed by atoms with Crippen LogP contribution >= 0.6 is 0 Å². The molecule has 2 aliphatic heterocycles. The molecule has 11 nitrogen and oxygen atoms in total. The monoisotopic (exact) mass is 690 g/mol. The molecule has 0 bridgehead atoms. The number of benzene rings is 3. The van der Waals surface area contributed by atoms with Gasteiger partial charge in [-0.15, -0.1) is 0 Å². The van der Waals surface area contributed by atoms with E-state index in [1.54, 1.807) is 41.3 Å². The van der Waals surface area contributed by atoms with E-state index in [1.807, 2.05) is 31.2 Å². The number of aryl methyl sites for hydroxylation is 1. The molecule has 2 fully saturated rings. The number of carbonyl (C=O) groups excluding carboxylic acids is 1. The first kappa shape index (κ1) is 33.6. The summed E-state index contributed by atoms with van der Waals surface area (Å²) in [5, 5.41) is 16.0. The summed E-state index contributed by atoms with van der Waals surface area (Å²) in [5.41, 5.74) is 3.18. The van der Waals surface area contributed by atoms with Crippen LogP contribution in [0.5, 0.6) is 5.75 Å². The first-order valence-electron chi connectivity index (χ1n) is 16.7. The van der Waals surface area contributed by atoms with Gasteiger partial charge in [0.1, 0.15) is 53.2 Å². The minimum atomic E-state index is -1.03. The molecule has 1 N–H and O–H groups in total. The maximum atomic E-state index is 15.0. The molecular weight excluding hydrogens is 654 g/mol. The molecule has 2 saturated heterocycles. The summed E-state index contributed by atoms with van der Waals surface area (Å²) in [6.07, 6.45) is 3.45. The van der Waals surface area contributed by atoms with Crippen LogP contribution in [0.15, 0.2) is 91.5 Å². The molecule has 51 heavy (non-hydrogen) atoms. The van der Waals surface area contributed by atoms with E-state index in [1.165, 1.54) is 18.5 Å². The topological polar surface area (TPSA) is 121 Å². The number of hydrogen-bond acceptors (Lipinski definition) is 9. The standard InChI is InChI=1S/C38H36F2N8O3/c1-26-17-32(47-15-13-46(14-16-47)31-8-5-28(6-9-31)37(49)45-36-4-2-3-30(20-41)44-36)10-12-35(26)50-21-27-19-38(51-22-27,23-48-25-42-24-43-48)33-11-7-29(39)18-34(33)40/h2-12,17-18,24-25,27H,13-16,19,21-23H2,1H3,(H,44,45,49)/t27-,38+/m1/s1. The quantitative estimate of drug-likeness (QED) is 0.196. The van der Waals surface area contributed by atoms with Gasteiger partial charge in [-0.1, -0.05) is 12.1 Å². The number of amides is 1. The maximum Gasteiger partial charge on any atom is 0.256 e. The number of nitriles is 1. The van der Waals surface area contributed by atoms with Gasteiger partial charge in [0.2, 0.25) is 0 Å². The second-order valence-corrected chi connectivity index (χ2v) is 12.8. The molecular formula is C38H36F2N8O3. The average Bonchev–Trinajstić information content (AvgIpc) is 3.82. The molecule has 2 aromatic heterocycles. The molecule has 0 radical (unpaired) electrons. The van der Waals surface area contributed by atoms with Crippen molar-refractivity contribution < 1.29 is 23.0 Å². The Morgan fingerprint density at radius 1 is 1.02 bits per heavy atom. The Hall–Kier alpha value is -5.87. The van der Waals surface area contributed by atoms with Crippen molar-refractivity contribution in [1.29, 1.82) is 5.26 Å². The van der Waals surface area contributed by atoms with Gasteiger partial charge in [0, 0.05) is 60.7 Å². The molecule has 0 aliphatic carbocycles. The second-order valence-electron chi connectivity index (χ2n) is 12.8. The van der Waals surface area contributed by atoms with Gasteiger partial charge < -0.3 is 24.6 Å². The van der Waals surface area contributed by atoms with E-state index in [0.29, 0.717) is 36.6 Å². The lowest BCUT2D eigenvalue weighted by molar-refractivity contribution is -0.0206. The number of nitrogens with zero attached hydrogens (tertiary/aromatic N) is 7. The van der Waals surface area contributed by atoms with Crippen molar-refractivity contribution in [2.45, 2.75) is 25.5 Å². The first-order valence-corrected chi connectivity index (χ1v) is 16.7. The van der Waals surface area contributed by atoms with Crippen molar-refractivity contribution in [1.82, 2.24) is 19.7 Å². The third-order valence-corrected chi connectivity index (χ3v) is 9.40. The van der Waals surface area contributed by atoms with E-state index in [4.69, 9.17) is 14.7 Å². The number of carbonyl (C=O) groups is 1. The third kappa shape index (κ3) is 7.51. The molecule has 13 heteroatoms. The van der Waals surface area contributed by atoms with E-state index in [0.717, 1.165) is 54.9 Å². The maximum absolute atomic E-state index is 15.0. The molecule has 0 saturated carbocycles. The van der Waals surface area contributed by atoms with Crippen molar-refractivity contribution in [2.75, 3.05) is 54.5 Å². The fraction of sp³-hybridized carbons (Fsp3) is 0.289. The molecule has 1 amide bonds. The van der Waals surface area contributed by atoms with Crippen molar-refractivity contribution in [3.8, 4) is 11.8 Å². The van der Waals surface area contributed by atoms with Crippen LogP contribution in [0.25, 0.3) is 0 Å². The zero-order valence-corrected chi connectivity index (χ0v) is 28.0. The highest BCUT2D eigenvalue weighted by molar-refractivity contribution is 6.04. The Bertz CT molecular complexity index is 2050. The lowest BCUT2D eigenvalue weighted by Crippen LogP contribution is -2.46. The highest BCUT2D eigenvalue weighted by Crippen LogP contribution is 2.42. The van der Waals surface area contributed by atoms with E-state index >= 15 is 4.39 Å². The number of aromatic nitrogens is 4. The van der Waals surface area contributed by atoms with Gasteiger partial charge >= 0.3 is 0 Å². The molecule has 0 spiro atoms. The van der Waals surface area contributed by atoms with Gasteiger partial charge in [0.25, 0.3) is 5.91 Å². The van der Waals surface area contributed by atoms with Crippen LogP contribution in [0.3, 0.4) is 0 Å². The summed E-state index contributed by atoms with van der Waals surface area (Å²) in [6.45, 7) is 6.31. The number of halogens is 2. The van der Waals surface area contributed by atoms with E-state index in [2.05, 4.69) is 42.3 Å². The van der Waals surface area contributed by atoms with E-state index < -0.39 is 17.2 Å².